The van der Waals surface area contributed by atoms with Gasteiger partial charge in [0.05, 0.1) is 21.0 Å². The summed E-state index contributed by atoms with van der Waals surface area (Å²) < 4.78 is 19.4. The summed E-state index contributed by atoms with van der Waals surface area (Å²) in [6.45, 7) is 2.32. The number of carbonyl (C=O) groups is 1. The molecule has 0 rings (SSSR count). The molecule has 0 bridgehead atoms. The summed E-state index contributed by atoms with van der Waals surface area (Å²) in [4.78, 5) is 32.1. The lowest BCUT2D eigenvalue weighted by molar-refractivity contribution is -0.341. The zero-order valence-electron chi connectivity index (χ0n) is 18.3. The lowest BCUT2D eigenvalue weighted by Crippen LogP contribution is -2.17. The van der Waals surface area contributed by atoms with Crippen LogP contribution in [0.5, 0.6) is 0 Å². The molecule has 0 aromatic rings. The van der Waals surface area contributed by atoms with E-state index in [1.807, 2.05) is 0 Å². The van der Waals surface area contributed by atoms with Gasteiger partial charge in [0.1, 0.15) is 0 Å². The monoisotopic (exact) mass is 432 g/mol. The Morgan fingerprint density at radius 1 is 0.759 bits per heavy atom. The van der Waals surface area contributed by atoms with Crippen LogP contribution >= 0.6 is 7.82 Å². The Morgan fingerprint density at radius 3 is 1.86 bits per heavy atom. The topological polar surface area (TPSA) is 98.7 Å². The molecule has 29 heavy (non-hydrogen) atoms. The number of phosphoric ester groups is 1. The van der Waals surface area contributed by atoms with Crippen molar-refractivity contribution in [3.05, 3.63) is 12.2 Å². The second-order valence-electron chi connectivity index (χ2n) is 7.54. The maximum atomic E-state index is 11.6. The maximum Gasteiger partial charge on any atom is 0.305 e. The van der Waals surface area contributed by atoms with Crippen molar-refractivity contribution in [3.63, 3.8) is 0 Å². The summed E-state index contributed by atoms with van der Waals surface area (Å²) >= 11 is 0. The fourth-order valence-electron chi connectivity index (χ4n) is 2.98. The van der Waals surface area contributed by atoms with Gasteiger partial charge in [0.25, 0.3) is 0 Å². The smallest absolute Gasteiger partial charge is 0.305 e. The summed E-state index contributed by atoms with van der Waals surface area (Å²) in [5.41, 5.74) is 0. The second-order valence-corrected chi connectivity index (χ2v) is 8.69. The molecule has 0 saturated heterocycles. The van der Waals surface area contributed by atoms with Gasteiger partial charge in [-0.2, -0.15) is 0 Å². The predicted octanol–water partition coefficient (Wildman–Crippen LogP) is 5.19. The Bertz CT molecular complexity index is 447. The molecule has 0 N–H and O–H groups in total. The van der Waals surface area contributed by atoms with E-state index in [-0.39, 0.29) is 19.2 Å². The molecule has 0 amide bonds. The number of unbranched alkanes of at least 4 members (excludes halogenated alkanes) is 12. The first-order valence-corrected chi connectivity index (χ1v) is 12.9. The summed E-state index contributed by atoms with van der Waals surface area (Å²) in [6, 6.07) is 0. The highest BCUT2D eigenvalue weighted by atomic mass is 31.2. The van der Waals surface area contributed by atoms with Crippen molar-refractivity contribution in [2.75, 3.05) is 13.2 Å². The minimum atomic E-state index is -4.89. The van der Waals surface area contributed by atoms with Gasteiger partial charge in [-0.05, 0) is 44.9 Å². The Kier molecular flexibility index (Phi) is 20.1. The number of allylic oxidation sites excluding steroid dienone is 2. The zero-order chi connectivity index (χ0) is 21.6. The van der Waals surface area contributed by atoms with E-state index < -0.39 is 7.82 Å². The minimum Gasteiger partial charge on any atom is -0.790 e. The number of ether oxygens (including phenoxy) is 1. The molecule has 0 aromatic carbocycles. The van der Waals surface area contributed by atoms with Gasteiger partial charge in [-0.3, -0.25) is 4.79 Å². The first kappa shape index (κ1) is 28.3. The van der Waals surface area contributed by atoms with Crippen molar-refractivity contribution in [3.8, 4) is 0 Å². The summed E-state index contributed by atoms with van der Waals surface area (Å²) in [5.74, 6) is -0.220. The third kappa shape index (κ3) is 25.3. The van der Waals surface area contributed by atoms with E-state index in [4.69, 9.17) is 4.74 Å². The molecular formula is C22H41O6P-2. The number of esters is 1. The Labute approximate surface area is 177 Å². The van der Waals surface area contributed by atoms with Gasteiger partial charge in [-0.25, -0.2) is 0 Å². The van der Waals surface area contributed by atoms with Gasteiger partial charge in [-0.15, -0.1) is 0 Å². The molecule has 0 atom stereocenters. The Balaban J connectivity index is 3.26. The predicted molar refractivity (Wildman–Crippen MR) is 113 cm³/mol. The maximum absolute atomic E-state index is 11.6. The van der Waals surface area contributed by atoms with Crippen molar-refractivity contribution < 1.29 is 28.4 Å². The molecule has 0 aliphatic heterocycles. The highest BCUT2D eigenvalue weighted by molar-refractivity contribution is 7.43. The lowest BCUT2D eigenvalue weighted by Gasteiger charge is -2.28. The van der Waals surface area contributed by atoms with Gasteiger partial charge >= 0.3 is 5.97 Å². The van der Waals surface area contributed by atoms with E-state index in [1.54, 1.807) is 0 Å². The number of hydrogen-bond acceptors (Lipinski definition) is 6. The average molecular weight is 433 g/mol. The highest BCUT2D eigenvalue weighted by Crippen LogP contribution is 2.24. The van der Waals surface area contributed by atoms with Crippen LogP contribution in [0.2, 0.25) is 0 Å². The Morgan fingerprint density at radius 2 is 1.28 bits per heavy atom. The Hall–Kier alpha value is -0.680. The number of carbonyl (C=O) groups excluding carboxylic acids is 1. The van der Waals surface area contributed by atoms with Crippen molar-refractivity contribution in [2.24, 2.45) is 0 Å². The van der Waals surface area contributed by atoms with Crippen LogP contribution in [0.25, 0.3) is 0 Å². The molecule has 0 radical (unpaired) electrons. The molecule has 172 valence electrons. The normalized spacial score (nSPS) is 12.0. The lowest BCUT2D eigenvalue weighted by atomic mass is 10.1. The van der Waals surface area contributed by atoms with Gasteiger partial charge in [0, 0.05) is 6.42 Å². The largest absolute Gasteiger partial charge is 0.790 e. The van der Waals surface area contributed by atoms with E-state index in [0.717, 1.165) is 25.7 Å². The van der Waals surface area contributed by atoms with E-state index >= 15 is 0 Å². The molecule has 0 aliphatic rings. The van der Waals surface area contributed by atoms with Gasteiger partial charge in [0.2, 0.25) is 0 Å². The van der Waals surface area contributed by atoms with Crippen LogP contribution in [0.1, 0.15) is 110 Å². The third-order valence-electron chi connectivity index (χ3n) is 4.69. The SMILES string of the molecule is CCCCCCCC/C=C\CCCCCCCC(=O)OCCCCOP(=O)([O-])[O-]. The fourth-order valence-corrected chi connectivity index (χ4v) is 3.33. The standard InChI is InChI=1S/C22H43O6P/c1-2-3-4-5-6-7-8-9-10-11-12-13-14-15-16-19-22(23)27-20-17-18-21-28-29(24,25)26/h9-10H,2-8,11-21H2,1H3,(H2,24,25,26)/p-2/b10-9-. The molecule has 0 fully saturated rings. The van der Waals surface area contributed by atoms with Gasteiger partial charge in [-0.1, -0.05) is 70.4 Å². The zero-order valence-corrected chi connectivity index (χ0v) is 19.2. The first-order chi connectivity index (χ1) is 14.0. The number of phosphoric acid groups is 1. The molecule has 0 aliphatic carbocycles. The van der Waals surface area contributed by atoms with Crippen LogP contribution < -0.4 is 9.79 Å². The van der Waals surface area contributed by atoms with E-state index in [9.17, 15) is 19.1 Å². The van der Waals surface area contributed by atoms with Crippen molar-refractivity contribution in [2.45, 2.75) is 110 Å². The quantitative estimate of drug-likeness (QED) is 0.107. The molecule has 6 nitrogen and oxygen atoms in total. The summed E-state index contributed by atoms with van der Waals surface area (Å²) in [7, 11) is -4.89. The molecular weight excluding hydrogens is 391 g/mol. The highest BCUT2D eigenvalue weighted by Gasteiger charge is 2.02. The van der Waals surface area contributed by atoms with Crippen LogP contribution in [0.4, 0.5) is 0 Å². The molecule has 7 heteroatoms. The van der Waals surface area contributed by atoms with Crippen LogP contribution in [0.3, 0.4) is 0 Å². The third-order valence-corrected chi connectivity index (χ3v) is 5.19. The fraction of sp³-hybridized carbons (Fsp3) is 0.864. The van der Waals surface area contributed by atoms with Crippen molar-refractivity contribution >= 4 is 13.8 Å². The molecule has 0 heterocycles. The second kappa shape index (κ2) is 20.6. The van der Waals surface area contributed by atoms with Crippen molar-refractivity contribution in [1.82, 2.24) is 0 Å². The minimum absolute atomic E-state index is 0.157. The number of hydrogen-bond donors (Lipinski definition) is 0. The van der Waals surface area contributed by atoms with E-state index in [0.29, 0.717) is 19.3 Å². The van der Waals surface area contributed by atoms with Crippen LogP contribution in [-0.2, 0) is 18.6 Å². The van der Waals surface area contributed by atoms with Crippen molar-refractivity contribution in [1.29, 1.82) is 0 Å². The molecule has 0 aromatic heterocycles. The van der Waals surface area contributed by atoms with Crippen LogP contribution in [-0.4, -0.2) is 19.2 Å². The van der Waals surface area contributed by atoms with E-state index in [2.05, 4.69) is 23.6 Å². The van der Waals surface area contributed by atoms with Crippen LogP contribution in [0.15, 0.2) is 12.2 Å². The van der Waals surface area contributed by atoms with E-state index in [1.165, 1.54) is 57.8 Å². The first-order valence-electron chi connectivity index (χ1n) is 11.4. The van der Waals surface area contributed by atoms with Gasteiger partial charge < -0.3 is 23.6 Å². The number of rotatable bonds is 21. The molecule has 0 spiro atoms. The van der Waals surface area contributed by atoms with Gasteiger partial charge in [0.15, 0.2) is 0 Å². The van der Waals surface area contributed by atoms with Crippen LogP contribution in [0, 0.1) is 0 Å². The summed E-state index contributed by atoms with van der Waals surface area (Å²) in [5, 5.41) is 0. The molecule has 0 unspecified atom stereocenters. The summed E-state index contributed by atoms with van der Waals surface area (Å²) in [6.07, 6.45) is 21.8. The average Bonchev–Trinajstić information content (AvgIpc) is 2.66. The molecule has 0 saturated carbocycles.